The Morgan fingerprint density at radius 2 is 1.86 bits per heavy atom. The van der Waals surface area contributed by atoms with Gasteiger partial charge in [-0.2, -0.15) is 5.10 Å². The highest BCUT2D eigenvalue weighted by molar-refractivity contribution is 5.86. The van der Waals surface area contributed by atoms with Crippen molar-refractivity contribution in [3.63, 3.8) is 0 Å². The largest absolute Gasteiger partial charge is 0.477 e. The second kappa shape index (κ2) is 9.76. The number of hydrogen-bond acceptors (Lipinski definition) is 4. The molecule has 7 nitrogen and oxygen atoms in total. The third-order valence-electron chi connectivity index (χ3n) is 3.95. The van der Waals surface area contributed by atoms with Crippen LogP contribution in [0.25, 0.3) is 11.3 Å². The van der Waals surface area contributed by atoms with Crippen LogP contribution in [0.5, 0.6) is 0 Å². The number of carboxylic acids is 1. The lowest BCUT2D eigenvalue weighted by atomic mass is 10.1. The number of aromatic carboxylic acids is 1. The van der Waals surface area contributed by atoms with E-state index in [1.54, 1.807) is 0 Å². The van der Waals surface area contributed by atoms with Gasteiger partial charge in [0.2, 0.25) is 0 Å². The smallest absolute Gasteiger partial charge is 0.407 e. The van der Waals surface area contributed by atoms with E-state index in [0.717, 1.165) is 16.7 Å². The number of nitrogens with zero attached hydrogens (tertiary/aromatic N) is 1. The first-order valence-electron chi connectivity index (χ1n) is 8.94. The van der Waals surface area contributed by atoms with Crippen molar-refractivity contribution in [1.29, 1.82) is 0 Å². The molecule has 0 unspecified atom stereocenters. The lowest BCUT2D eigenvalue weighted by Gasteiger charge is -2.05. The van der Waals surface area contributed by atoms with Crippen LogP contribution in [-0.4, -0.2) is 33.9 Å². The Hall–Kier alpha value is -4.05. The van der Waals surface area contributed by atoms with Crippen molar-refractivity contribution in [3.8, 4) is 23.1 Å². The Balaban J connectivity index is 1.42. The van der Waals surface area contributed by atoms with Crippen LogP contribution in [0.1, 0.15) is 28.0 Å². The molecule has 1 heterocycles. The monoisotopic (exact) mass is 389 g/mol. The average Bonchev–Trinajstić information content (AvgIpc) is 3.24. The number of nitrogens with one attached hydrogen (secondary N) is 2. The Morgan fingerprint density at radius 1 is 1.10 bits per heavy atom. The highest BCUT2D eigenvalue weighted by Gasteiger charge is 2.08. The maximum absolute atomic E-state index is 11.6. The molecular weight excluding hydrogens is 370 g/mol. The molecule has 3 N–H and O–H groups in total. The molecule has 0 atom stereocenters. The summed E-state index contributed by atoms with van der Waals surface area (Å²) in [6.45, 7) is 0.624. The zero-order valence-electron chi connectivity index (χ0n) is 15.5. The summed E-state index contributed by atoms with van der Waals surface area (Å²) >= 11 is 0. The molecule has 146 valence electrons. The summed E-state index contributed by atoms with van der Waals surface area (Å²) in [5.74, 6) is 4.95. The molecule has 0 aliphatic heterocycles. The first-order chi connectivity index (χ1) is 14.1. The fourth-order valence-electron chi connectivity index (χ4n) is 2.47. The van der Waals surface area contributed by atoms with Crippen LogP contribution >= 0.6 is 0 Å². The molecule has 0 aliphatic rings. The van der Waals surface area contributed by atoms with E-state index in [0.29, 0.717) is 18.7 Å². The van der Waals surface area contributed by atoms with Crippen LogP contribution in [0.3, 0.4) is 0 Å². The molecule has 3 rings (SSSR count). The molecule has 0 saturated carbocycles. The van der Waals surface area contributed by atoms with Crippen molar-refractivity contribution in [2.45, 2.75) is 13.0 Å². The van der Waals surface area contributed by atoms with Crippen molar-refractivity contribution in [2.24, 2.45) is 0 Å². The second-order valence-electron chi connectivity index (χ2n) is 6.09. The van der Waals surface area contributed by atoms with Crippen LogP contribution in [0.2, 0.25) is 0 Å². The second-order valence-corrected chi connectivity index (χ2v) is 6.09. The van der Waals surface area contributed by atoms with Gasteiger partial charge in [-0.15, -0.1) is 0 Å². The number of aromatic nitrogens is 2. The van der Waals surface area contributed by atoms with Crippen molar-refractivity contribution >= 4 is 12.1 Å². The van der Waals surface area contributed by atoms with Gasteiger partial charge in [-0.05, 0) is 23.8 Å². The summed E-state index contributed by atoms with van der Waals surface area (Å²) < 4.78 is 5.12. The number of carboxylic acid groups (broad SMARTS) is 1. The predicted octanol–water partition coefficient (Wildman–Crippen LogP) is 3.44. The van der Waals surface area contributed by atoms with Gasteiger partial charge in [-0.25, -0.2) is 9.59 Å². The highest BCUT2D eigenvalue weighted by Crippen LogP contribution is 2.18. The minimum atomic E-state index is -1.05. The number of ether oxygens (including phenoxy) is 1. The van der Waals surface area contributed by atoms with Crippen LogP contribution in [0.15, 0.2) is 60.7 Å². The predicted molar refractivity (Wildman–Crippen MR) is 107 cm³/mol. The normalized spacial score (nSPS) is 9.93. The summed E-state index contributed by atoms with van der Waals surface area (Å²) in [6, 6.07) is 18.3. The number of carbonyl (C=O) groups is 2. The number of carbonyl (C=O) groups excluding carboxylic acids is 1. The molecule has 7 heteroatoms. The summed E-state index contributed by atoms with van der Waals surface area (Å²) in [5.41, 5.74) is 3.13. The molecule has 1 amide bonds. The maximum atomic E-state index is 11.6. The average molecular weight is 389 g/mol. The lowest BCUT2D eigenvalue weighted by molar-refractivity contribution is 0.0690. The van der Waals surface area contributed by atoms with Crippen molar-refractivity contribution in [3.05, 3.63) is 77.5 Å². The maximum Gasteiger partial charge on any atom is 0.407 e. The van der Waals surface area contributed by atoms with Crippen LogP contribution < -0.4 is 5.32 Å². The molecule has 0 fully saturated rings. The lowest BCUT2D eigenvalue weighted by Crippen LogP contribution is -2.24. The fourth-order valence-corrected chi connectivity index (χ4v) is 2.47. The number of alkyl carbamates (subject to hydrolysis) is 1. The standard InChI is InChI=1S/C22H19N3O4/c26-21(27)20-14-19(24-25-20)18-11-9-16(10-12-18)6-4-5-13-23-22(28)29-15-17-7-2-1-3-8-17/h1-3,7-12,14H,5,13,15H2,(H,23,28)(H,24,25)(H,26,27). The van der Waals surface area contributed by atoms with E-state index in [4.69, 9.17) is 9.84 Å². The van der Waals surface area contributed by atoms with E-state index in [-0.39, 0.29) is 12.3 Å². The zero-order valence-corrected chi connectivity index (χ0v) is 15.5. The van der Waals surface area contributed by atoms with Gasteiger partial charge in [0.25, 0.3) is 0 Å². The van der Waals surface area contributed by atoms with Crippen LogP contribution in [0.4, 0.5) is 4.79 Å². The van der Waals surface area contributed by atoms with E-state index in [1.165, 1.54) is 6.07 Å². The summed E-state index contributed by atoms with van der Waals surface area (Å²) in [5, 5.41) is 18.0. The number of aromatic amines is 1. The number of amides is 1. The quantitative estimate of drug-likeness (QED) is 0.442. The number of benzene rings is 2. The van der Waals surface area contributed by atoms with E-state index in [2.05, 4.69) is 27.4 Å². The zero-order chi connectivity index (χ0) is 20.5. The Labute approximate surface area is 167 Å². The summed E-state index contributed by atoms with van der Waals surface area (Å²) in [7, 11) is 0. The Bertz CT molecular complexity index is 1030. The van der Waals surface area contributed by atoms with Gasteiger partial charge in [0.05, 0.1) is 5.69 Å². The first-order valence-corrected chi connectivity index (χ1v) is 8.94. The molecule has 1 aromatic heterocycles. The summed E-state index contributed by atoms with van der Waals surface area (Å²) in [4.78, 5) is 22.5. The molecule has 0 aliphatic carbocycles. The van der Waals surface area contributed by atoms with E-state index < -0.39 is 12.1 Å². The van der Waals surface area contributed by atoms with Gasteiger partial charge in [0.1, 0.15) is 12.3 Å². The molecule has 2 aromatic carbocycles. The number of rotatable bonds is 6. The minimum Gasteiger partial charge on any atom is -0.477 e. The first kappa shape index (κ1) is 19.7. The number of H-pyrrole nitrogens is 1. The van der Waals surface area contributed by atoms with Crippen molar-refractivity contribution in [1.82, 2.24) is 15.5 Å². The van der Waals surface area contributed by atoms with Crippen molar-refractivity contribution in [2.75, 3.05) is 6.54 Å². The molecule has 0 saturated heterocycles. The molecular formula is C22H19N3O4. The van der Waals surface area contributed by atoms with Gasteiger partial charge in [-0.1, -0.05) is 54.3 Å². The van der Waals surface area contributed by atoms with Crippen LogP contribution in [0, 0.1) is 11.8 Å². The van der Waals surface area contributed by atoms with Gasteiger partial charge in [-0.3, -0.25) is 5.10 Å². The van der Waals surface area contributed by atoms with Gasteiger partial charge in [0, 0.05) is 24.1 Å². The van der Waals surface area contributed by atoms with E-state index in [9.17, 15) is 9.59 Å². The highest BCUT2D eigenvalue weighted by atomic mass is 16.5. The van der Waals surface area contributed by atoms with Gasteiger partial charge in [0.15, 0.2) is 0 Å². The van der Waals surface area contributed by atoms with E-state index in [1.807, 2.05) is 54.6 Å². The third-order valence-corrected chi connectivity index (χ3v) is 3.95. The van der Waals surface area contributed by atoms with E-state index >= 15 is 0 Å². The van der Waals surface area contributed by atoms with Crippen molar-refractivity contribution < 1.29 is 19.4 Å². The van der Waals surface area contributed by atoms with Crippen LogP contribution in [-0.2, 0) is 11.3 Å². The summed E-state index contributed by atoms with van der Waals surface area (Å²) in [6.07, 6.45) is 0.0171. The molecule has 0 radical (unpaired) electrons. The SMILES string of the molecule is O=C(NCCC#Cc1ccc(-c2cc(C(=O)O)[nH]n2)cc1)OCc1ccccc1. The topological polar surface area (TPSA) is 104 Å². The molecule has 3 aromatic rings. The molecule has 29 heavy (non-hydrogen) atoms. The minimum absolute atomic E-state index is 0.0404. The Kier molecular flexibility index (Phi) is 6.63. The Morgan fingerprint density at radius 3 is 2.55 bits per heavy atom. The molecule has 0 spiro atoms. The fraction of sp³-hybridized carbons (Fsp3) is 0.136. The van der Waals surface area contributed by atoms with Gasteiger partial charge < -0.3 is 15.2 Å². The third kappa shape index (κ3) is 5.97. The van der Waals surface area contributed by atoms with Gasteiger partial charge >= 0.3 is 12.1 Å². The number of hydrogen-bond donors (Lipinski definition) is 3. The molecule has 0 bridgehead atoms.